The third kappa shape index (κ3) is 6.60. The largest absolute Gasteiger partial charge is 0.486 e. The highest BCUT2D eigenvalue weighted by Gasteiger charge is 2.20. The van der Waals surface area contributed by atoms with Gasteiger partial charge in [-0.3, -0.25) is 4.90 Å². The average Bonchev–Trinajstić information content (AvgIpc) is 2.79. The molecule has 1 heterocycles. The van der Waals surface area contributed by atoms with Crippen LogP contribution in [0.4, 0.5) is 10.1 Å². The Labute approximate surface area is 194 Å². The number of ether oxygens (including phenoxy) is 1. The zero-order valence-corrected chi connectivity index (χ0v) is 18.9. The highest BCUT2D eigenvalue weighted by Crippen LogP contribution is 2.26. The van der Waals surface area contributed by atoms with Crippen molar-refractivity contribution in [2.24, 2.45) is 0 Å². The Morgan fingerprint density at radius 1 is 0.871 bits per heavy atom. The molecule has 3 aromatic carbocycles. The molecule has 0 aromatic heterocycles. The number of hydrogen-bond acceptors (Lipinski definition) is 3. The van der Waals surface area contributed by atoms with Gasteiger partial charge in [0.2, 0.25) is 0 Å². The summed E-state index contributed by atoms with van der Waals surface area (Å²) in [7, 11) is 0. The van der Waals surface area contributed by atoms with E-state index < -0.39 is 0 Å². The lowest BCUT2D eigenvalue weighted by Crippen LogP contribution is -2.46. The molecule has 31 heavy (non-hydrogen) atoms. The van der Waals surface area contributed by atoms with Crippen LogP contribution in [0.25, 0.3) is 0 Å². The van der Waals surface area contributed by atoms with Gasteiger partial charge in [0.15, 0.2) is 0 Å². The minimum absolute atomic E-state index is 0. The molecule has 1 saturated heterocycles. The first-order valence-corrected chi connectivity index (χ1v) is 10.8. The molecule has 6 heteroatoms. The van der Waals surface area contributed by atoms with Crippen LogP contribution < -0.4 is 9.64 Å². The molecule has 0 aliphatic carbocycles. The van der Waals surface area contributed by atoms with Crippen LogP contribution in [0.1, 0.15) is 18.1 Å². The summed E-state index contributed by atoms with van der Waals surface area (Å²) >= 11 is 6.14. The summed E-state index contributed by atoms with van der Waals surface area (Å²) in [5, 5.41) is 0.776. The summed E-state index contributed by atoms with van der Waals surface area (Å²) < 4.78 is 19.5. The molecule has 3 nitrogen and oxygen atoms in total. The Kier molecular flexibility index (Phi) is 8.59. The monoisotopic (exact) mass is 460 g/mol. The number of benzene rings is 3. The summed E-state index contributed by atoms with van der Waals surface area (Å²) in [5.74, 6) is 0.437. The van der Waals surface area contributed by atoms with Gasteiger partial charge < -0.3 is 9.64 Å². The van der Waals surface area contributed by atoms with Crippen molar-refractivity contribution in [3.8, 4) is 5.75 Å². The number of rotatable bonds is 7. The Hall–Kier alpha value is -2.27. The number of anilines is 1. The number of nitrogens with zero attached hydrogens (tertiary/aromatic N) is 2. The van der Waals surface area contributed by atoms with E-state index in [0.717, 1.165) is 49.7 Å². The predicted molar refractivity (Wildman–Crippen MR) is 128 cm³/mol. The van der Waals surface area contributed by atoms with E-state index in [9.17, 15) is 4.39 Å². The molecule has 0 bridgehead atoms. The lowest BCUT2D eigenvalue weighted by molar-refractivity contribution is 0.160. The maximum atomic E-state index is 13.2. The Bertz CT molecular complexity index is 932. The SMILES string of the molecule is Cl.Fc1ccc(OC(CCN2CCN(c3cccc(Cl)c3)CC2)c2ccccc2)cc1. The first-order valence-electron chi connectivity index (χ1n) is 10.4. The van der Waals surface area contributed by atoms with Crippen molar-refractivity contribution in [1.29, 1.82) is 0 Å². The molecule has 0 N–H and O–H groups in total. The van der Waals surface area contributed by atoms with Crippen molar-refractivity contribution in [3.63, 3.8) is 0 Å². The number of piperazine rings is 1. The first kappa shape index (κ1) is 23.4. The van der Waals surface area contributed by atoms with E-state index in [2.05, 4.69) is 28.0 Å². The van der Waals surface area contributed by atoms with Gasteiger partial charge in [0.05, 0.1) is 0 Å². The topological polar surface area (TPSA) is 15.7 Å². The molecule has 1 fully saturated rings. The van der Waals surface area contributed by atoms with Crippen molar-refractivity contribution in [2.45, 2.75) is 12.5 Å². The van der Waals surface area contributed by atoms with Gasteiger partial charge in [-0.05, 0) is 48.0 Å². The maximum absolute atomic E-state index is 13.2. The van der Waals surface area contributed by atoms with Gasteiger partial charge in [-0.2, -0.15) is 0 Å². The molecule has 1 atom stereocenters. The molecule has 164 valence electrons. The fraction of sp³-hybridized carbons (Fsp3) is 0.280. The van der Waals surface area contributed by atoms with Gasteiger partial charge in [0.25, 0.3) is 0 Å². The lowest BCUT2D eigenvalue weighted by Gasteiger charge is -2.36. The fourth-order valence-electron chi connectivity index (χ4n) is 3.84. The van der Waals surface area contributed by atoms with Crippen molar-refractivity contribution in [3.05, 3.63) is 95.3 Å². The maximum Gasteiger partial charge on any atom is 0.125 e. The molecule has 0 radical (unpaired) electrons. The van der Waals surface area contributed by atoms with Gasteiger partial charge in [-0.1, -0.05) is 48.0 Å². The minimum Gasteiger partial charge on any atom is -0.486 e. The van der Waals surface area contributed by atoms with E-state index in [4.69, 9.17) is 16.3 Å². The third-order valence-electron chi connectivity index (χ3n) is 5.52. The van der Waals surface area contributed by atoms with Crippen LogP contribution >= 0.6 is 24.0 Å². The van der Waals surface area contributed by atoms with Crippen molar-refractivity contribution in [2.75, 3.05) is 37.6 Å². The van der Waals surface area contributed by atoms with E-state index in [0.29, 0.717) is 5.75 Å². The second kappa shape index (κ2) is 11.4. The van der Waals surface area contributed by atoms with E-state index >= 15 is 0 Å². The molecule has 1 unspecified atom stereocenters. The average molecular weight is 461 g/mol. The van der Waals surface area contributed by atoms with Crippen LogP contribution in [-0.4, -0.2) is 37.6 Å². The van der Waals surface area contributed by atoms with E-state index in [-0.39, 0.29) is 24.3 Å². The normalized spacial score (nSPS) is 15.2. The molecule has 0 amide bonds. The Morgan fingerprint density at radius 3 is 2.26 bits per heavy atom. The molecular weight excluding hydrogens is 434 g/mol. The second-order valence-corrected chi connectivity index (χ2v) is 8.00. The predicted octanol–water partition coefficient (Wildman–Crippen LogP) is 6.23. The van der Waals surface area contributed by atoms with Crippen LogP contribution in [0.2, 0.25) is 5.02 Å². The molecular formula is C25H27Cl2FN2O. The van der Waals surface area contributed by atoms with Crippen LogP contribution in [0, 0.1) is 5.82 Å². The zero-order chi connectivity index (χ0) is 20.8. The van der Waals surface area contributed by atoms with Gasteiger partial charge in [-0.25, -0.2) is 4.39 Å². The van der Waals surface area contributed by atoms with Crippen molar-refractivity contribution >= 4 is 29.7 Å². The van der Waals surface area contributed by atoms with Crippen molar-refractivity contribution < 1.29 is 9.13 Å². The van der Waals surface area contributed by atoms with E-state index in [1.807, 2.05) is 36.4 Å². The first-order chi connectivity index (χ1) is 14.7. The summed E-state index contributed by atoms with van der Waals surface area (Å²) in [6.45, 7) is 4.92. The van der Waals surface area contributed by atoms with Crippen LogP contribution in [-0.2, 0) is 0 Å². The highest BCUT2D eigenvalue weighted by molar-refractivity contribution is 6.30. The van der Waals surface area contributed by atoms with E-state index in [1.54, 1.807) is 12.1 Å². The van der Waals surface area contributed by atoms with Gasteiger partial charge >= 0.3 is 0 Å². The number of halogens is 3. The molecule has 4 rings (SSSR count). The van der Waals surface area contributed by atoms with E-state index in [1.165, 1.54) is 17.8 Å². The Balaban J connectivity index is 0.00000272. The van der Waals surface area contributed by atoms with Crippen molar-refractivity contribution in [1.82, 2.24) is 4.90 Å². The van der Waals surface area contributed by atoms with Gasteiger partial charge in [0.1, 0.15) is 17.7 Å². The van der Waals surface area contributed by atoms with Crippen LogP contribution in [0.5, 0.6) is 5.75 Å². The number of hydrogen-bond donors (Lipinski definition) is 0. The molecule has 0 spiro atoms. The lowest BCUT2D eigenvalue weighted by atomic mass is 10.1. The van der Waals surface area contributed by atoms with Gasteiger partial charge in [0, 0.05) is 49.9 Å². The molecule has 0 saturated carbocycles. The molecule has 1 aliphatic heterocycles. The van der Waals surface area contributed by atoms with Gasteiger partial charge in [-0.15, -0.1) is 12.4 Å². The summed E-state index contributed by atoms with van der Waals surface area (Å²) in [4.78, 5) is 4.86. The van der Waals surface area contributed by atoms with Crippen LogP contribution in [0.3, 0.4) is 0 Å². The molecule has 1 aliphatic rings. The second-order valence-electron chi connectivity index (χ2n) is 7.57. The summed E-state index contributed by atoms with van der Waals surface area (Å²) in [6, 6.07) is 24.5. The standard InChI is InChI=1S/C25H26ClFN2O.ClH/c26-21-7-4-8-23(19-21)29-17-15-28(16-18-29)14-13-25(20-5-2-1-3-6-20)30-24-11-9-22(27)10-12-24;/h1-12,19,25H,13-18H2;1H. The van der Waals surface area contributed by atoms with Crippen LogP contribution in [0.15, 0.2) is 78.9 Å². The Morgan fingerprint density at radius 2 is 1.58 bits per heavy atom. The minimum atomic E-state index is -0.254. The quantitative estimate of drug-likeness (QED) is 0.415. The zero-order valence-electron chi connectivity index (χ0n) is 17.3. The summed E-state index contributed by atoms with van der Waals surface area (Å²) in [5.41, 5.74) is 2.32. The smallest absolute Gasteiger partial charge is 0.125 e. The molecule has 3 aromatic rings. The third-order valence-corrected chi connectivity index (χ3v) is 5.75. The summed E-state index contributed by atoms with van der Waals surface area (Å²) in [6.07, 6.45) is 0.807. The highest BCUT2D eigenvalue weighted by atomic mass is 35.5. The fourth-order valence-corrected chi connectivity index (χ4v) is 4.03.